The normalized spacial score (nSPS) is 11.0. The molecule has 9 nitrogen and oxygen atoms in total. The lowest BCUT2D eigenvalue weighted by atomic mass is 10.1. The zero-order valence-electron chi connectivity index (χ0n) is 17.3. The van der Waals surface area contributed by atoms with Crippen LogP contribution in [0.1, 0.15) is 28.8 Å². The number of benzene rings is 2. The summed E-state index contributed by atoms with van der Waals surface area (Å²) in [7, 11) is 2.43. The zero-order chi connectivity index (χ0) is 22.6. The molecule has 0 radical (unpaired) electrons. The molecular formula is C22H24N2O7. The van der Waals surface area contributed by atoms with E-state index in [9.17, 15) is 19.2 Å². The van der Waals surface area contributed by atoms with Gasteiger partial charge in [-0.25, -0.2) is 9.59 Å². The van der Waals surface area contributed by atoms with Crippen LogP contribution >= 0.6 is 0 Å². The Bertz CT molecular complexity index is 898. The molecule has 0 bridgehead atoms. The standard InChI is InChI=1S/C22H24N2O7/c1-29-19(25)13-12-18(21(27)30-2)24-20(26)16-8-10-17(11-9-16)23-22(28)31-14-15-6-4-3-5-7-15/h3-11,18H,12-14H2,1-2H3,(H,23,28)(H,24,26)/t18-/m0/s1. The summed E-state index contributed by atoms with van der Waals surface area (Å²) in [6.07, 6.45) is -0.641. The maximum Gasteiger partial charge on any atom is 0.411 e. The van der Waals surface area contributed by atoms with Crippen LogP contribution in [0.25, 0.3) is 0 Å². The lowest BCUT2D eigenvalue weighted by molar-refractivity contribution is -0.144. The molecule has 0 aliphatic carbocycles. The molecule has 0 aliphatic rings. The highest BCUT2D eigenvalue weighted by Gasteiger charge is 2.23. The summed E-state index contributed by atoms with van der Waals surface area (Å²) < 4.78 is 14.3. The van der Waals surface area contributed by atoms with Crippen molar-refractivity contribution in [2.24, 2.45) is 0 Å². The van der Waals surface area contributed by atoms with Crippen molar-refractivity contribution in [3.8, 4) is 0 Å². The Morgan fingerprint density at radius 2 is 1.58 bits per heavy atom. The van der Waals surface area contributed by atoms with Crippen molar-refractivity contribution >= 4 is 29.6 Å². The molecule has 0 heterocycles. The molecule has 0 fully saturated rings. The highest BCUT2D eigenvalue weighted by molar-refractivity contribution is 5.97. The van der Waals surface area contributed by atoms with Crippen molar-refractivity contribution < 1.29 is 33.4 Å². The minimum Gasteiger partial charge on any atom is -0.469 e. The third-order valence-corrected chi connectivity index (χ3v) is 4.26. The number of ether oxygens (including phenoxy) is 3. The van der Waals surface area contributed by atoms with E-state index in [1.807, 2.05) is 30.3 Å². The molecule has 0 aliphatic heterocycles. The number of carbonyl (C=O) groups is 4. The number of carbonyl (C=O) groups excluding carboxylic acids is 4. The summed E-state index contributed by atoms with van der Waals surface area (Å²) in [5, 5.41) is 5.10. The third-order valence-electron chi connectivity index (χ3n) is 4.26. The summed E-state index contributed by atoms with van der Waals surface area (Å²) in [6.45, 7) is 0.133. The monoisotopic (exact) mass is 428 g/mol. The van der Waals surface area contributed by atoms with Gasteiger partial charge < -0.3 is 19.5 Å². The van der Waals surface area contributed by atoms with Crippen LogP contribution < -0.4 is 10.6 Å². The smallest absolute Gasteiger partial charge is 0.411 e. The number of hydrogen-bond acceptors (Lipinski definition) is 7. The lowest BCUT2D eigenvalue weighted by Gasteiger charge is -2.16. The fraction of sp³-hybridized carbons (Fsp3) is 0.273. The van der Waals surface area contributed by atoms with E-state index in [0.717, 1.165) is 5.56 Å². The molecule has 0 spiro atoms. The van der Waals surface area contributed by atoms with Gasteiger partial charge >= 0.3 is 18.0 Å². The second-order valence-corrected chi connectivity index (χ2v) is 6.43. The van der Waals surface area contributed by atoms with E-state index < -0.39 is 30.0 Å². The fourth-order valence-electron chi connectivity index (χ4n) is 2.58. The first-order chi connectivity index (χ1) is 14.9. The molecule has 164 valence electrons. The Balaban J connectivity index is 1.89. The molecule has 2 aromatic carbocycles. The van der Waals surface area contributed by atoms with Crippen molar-refractivity contribution in [2.45, 2.75) is 25.5 Å². The average Bonchev–Trinajstić information content (AvgIpc) is 2.80. The first-order valence-corrected chi connectivity index (χ1v) is 9.46. The van der Waals surface area contributed by atoms with Gasteiger partial charge in [-0.05, 0) is 36.2 Å². The summed E-state index contributed by atoms with van der Waals surface area (Å²) in [4.78, 5) is 47.5. The van der Waals surface area contributed by atoms with E-state index in [2.05, 4.69) is 20.1 Å². The van der Waals surface area contributed by atoms with Crippen molar-refractivity contribution in [3.63, 3.8) is 0 Å². The van der Waals surface area contributed by atoms with Crippen LogP contribution in [0.5, 0.6) is 0 Å². The molecule has 0 saturated carbocycles. The summed E-state index contributed by atoms with van der Waals surface area (Å²) in [5.74, 6) is -1.70. The Morgan fingerprint density at radius 1 is 0.903 bits per heavy atom. The molecule has 0 saturated heterocycles. The third kappa shape index (κ3) is 7.81. The Kier molecular flexibility index (Phi) is 9.03. The first kappa shape index (κ1) is 23.4. The molecule has 1 atom stereocenters. The highest BCUT2D eigenvalue weighted by Crippen LogP contribution is 2.12. The number of rotatable bonds is 9. The largest absolute Gasteiger partial charge is 0.469 e. The van der Waals surface area contributed by atoms with Crippen LogP contribution in [-0.2, 0) is 30.4 Å². The Hall–Kier alpha value is -3.88. The van der Waals surface area contributed by atoms with E-state index >= 15 is 0 Å². The van der Waals surface area contributed by atoms with Gasteiger partial charge in [0.05, 0.1) is 14.2 Å². The molecule has 9 heteroatoms. The van der Waals surface area contributed by atoms with E-state index in [4.69, 9.17) is 4.74 Å². The molecule has 2 N–H and O–H groups in total. The van der Waals surface area contributed by atoms with E-state index in [-0.39, 0.29) is 25.0 Å². The van der Waals surface area contributed by atoms with Crippen LogP contribution in [-0.4, -0.2) is 44.2 Å². The second kappa shape index (κ2) is 12.0. The van der Waals surface area contributed by atoms with Crippen molar-refractivity contribution in [1.29, 1.82) is 0 Å². The van der Waals surface area contributed by atoms with Gasteiger partial charge in [-0.2, -0.15) is 0 Å². The van der Waals surface area contributed by atoms with Gasteiger partial charge in [-0.15, -0.1) is 0 Å². The van der Waals surface area contributed by atoms with Gasteiger partial charge in [0.25, 0.3) is 5.91 Å². The zero-order valence-corrected chi connectivity index (χ0v) is 17.3. The molecule has 2 amide bonds. The second-order valence-electron chi connectivity index (χ2n) is 6.43. The maximum atomic E-state index is 12.4. The van der Waals surface area contributed by atoms with Gasteiger partial charge in [-0.1, -0.05) is 30.3 Å². The minimum absolute atomic E-state index is 0.0397. The number of esters is 2. The summed E-state index contributed by atoms with van der Waals surface area (Å²) in [6, 6.07) is 14.3. The van der Waals surface area contributed by atoms with E-state index in [1.165, 1.54) is 38.5 Å². The predicted molar refractivity (Wildman–Crippen MR) is 111 cm³/mol. The fourth-order valence-corrected chi connectivity index (χ4v) is 2.58. The van der Waals surface area contributed by atoms with Crippen molar-refractivity contribution in [2.75, 3.05) is 19.5 Å². The van der Waals surface area contributed by atoms with Gasteiger partial charge in [0.1, 0.15) is 12.6 Å². The van der Waals surface area contributed by atoms with Crippen LogP contribution in [0.4, 0.5) is 10.5 Å². The Labute approximate surface area is 179 Å². The van der Waals surface area contributed by atoms with E-state index in [0.29, 0.717) is 5.69 Å². The Morgan fingerprint density at radius 3 is 2.19 bits per heavy atom. The average molecular weight is 428 g/mol. The van der Waals surface area contributed by atoms with Gasteiger partial charge in [0.15, 0.2) is 0 Å². The summed E-state index contributed by atoms with van der Waals surface area (Å²) >= 11 is 0. The number of nitrogens with one attached hydrogen (secondary N) is 2. The molecule has 2 aromatic rings. The lowest BCUT2D eigenvalue weighted by Crippen LogP contribution is -2.41. The van der Waals surface area contributed by atoms with Gasteiger partial charge in [0.2, 0.25) is 0 Å². The van der Waals surface area contributed by atoms with Gasteiger partial charge in [-0.3, -0.25) is 14.9 Å². The van der Waals surface area contributed by atoms with Crippen LogP contribution in [0.2, 0.25) is 0 Å². The van der Waals surface area contributed by atoms with Crippen molar-refractivity contribution in [1.82, 2.24) is 5.32 Å². The number of amides is 2. The highest BCUT2D eigenvalue weighted by atomic mass is 16.5. The predicted octanol–water partition coefficient (Wildman–Crippen LogP) is 2.66. The minimum atomic E-state index is -0.998. The van der Waals surface area contributed by atoms with Crippen LogP contribution in [0.3, 0.4) is 0 Å². The molecule has 0 aromatic heterocycles. The van der Waals surface area contributed by atoms with E-state index in [1.54, 1.807) is 0 Å². The van der Waals surface area contributed by atoms with Gasteiger partial charge in [0, 0.05) is 17.7 Å². The first-order valence-electron chi connectivity index (χ1n) is 9.46. The number of methoxy groups -OCH3 is 2. The topological polar surface area (TPSA) is 120 Å². The number of hydrogen-bond donors (Lipinski definition) is 2. The molecular weight excluding hydrogens is 404 g/mol. The summed E-state index contributed by atoms with van der Waals surface area (Å²) in [5.41, 5.74) is 1.55. The molecule has 0 unspecified atom stereocenters. The quantitative estimate of drug-likeness (QED) is 0.465. The molecule has 2 rings (SSSR count). The van der Waals surface area contributed by atoms with Crippen LogP contribution in [0, 0.1) is 0 Å². The molecule has 31 heavy (non-hydrogen) atoms. The number of anilines is 1. The van der Waals surface area contributed by atoms with Crippen molar-refractivity contribution in [3.05, 3.63) is 65.7 Å². The van der Waals surface area contributed by atoms with Crippen LogP contribution in [0.15, 0.2) is 54.6 Å². The SMILES string of the molecule is COC(=O)CC[C@H](NC(=O)c1ccc(NC(=O)OCc2ccccc2)cc1)C(=O)OC. The maximum absolute atomic E-state index is 12.4.